The predicted molar refractivity (Wildman–Crippen MR) is 135 cm³/mol. The Bertz CT molecular complexity index is 1470. The largest absolute Gasteiger partial charge is 0.438 e. The van der Waals surface area contributed by atoms with Gasteiger partial charge in [-0.2, -0.15) is 9.97 Å². The van der Waals surface area contributed by atoms with E-state index >= 15 is 0 Å². The molecule has 2 aliphatic carbocycles. The van der Waals surface area contributed by atoms with Crippen molar-refractivity contribution in [1.29, 1.82) is 0 Å². The third-order valence-electron chi connectivity index (χ3n) is 6.54. The minimum atomic E-state index is 0.650. The van der Waals surface area contributed by atoms with E-state index in [1.807, 2.05) is 38.1 Å². The lowest BCUT2D eigenvalue weighted by Gasteiger charge is -2.10. The highest BCUT2D eigenvalue weighted by molar-refractivity contribution is 7.19. The SMILES string of the molecule is Cc1nc(Oc2ccc(Oc3nc(C)nc4sc5c(c34)CCC5)cc2)c2c3c(sc2n1)CCC3. The Morgan fingerprint density at radius 3 is 1.50 bits per heavy atom. The number of thiophene rings is 2. The van der Waals surface area contributed by atoms with Gasteiger partial charge in [0.25, 0.3) is 0 Å². The van der Waals surface area contributed by atoms with Gasteiger partial charge in [-0.15, -0.1) is 22.7 Å². The molecule has 0 amide bonds. The number of fused-ring (bicyclic) bond motifs is 6. The molecule has 0 spiro atoms. The van der Waals surface area contributed by atoms with Crippen LogP contribution in [0, 0.1) is 13.8 Å². The number of hydrogen-bond acceptors (Lipinski definition) is 8. The Labute approximate surface area is 204 Å². The highest BCUT2D eigenvalue weighted by Crippen LogP contribution is 2.43. The van der Waals surface area contributed by atoms with Gasteiger partial charge >= 0.3 is 0 Å². The molecule has 170 valence electrons. The Morgan fingerprint density at radius 2 is 1.06 bits per heavy atom. The zero-order valence-electron chi connectivity index (χ0n) is 19.0. The molecule has 2 aliphatic rings. The van der Waals surface area contributed by atoms with Crippen molar-refractivity contribution in [3.05, 3.63) is 56.8 Å². The minimum Gasteiger partial charge on any atom is -0.438 e. The van der Waals surface area contributed by atoms with Crippen LogP contribution in [0.2, 0.25) is 0 Å². The zero-order chi connectivity index (χ0) is 22.8. The van der Waals surface area contributed by atoms with E-state index in [-0.39, 0.29) is 0 Å². The number of nitrogens with zero attached hydrogens (tertiary/aromatic N) is 4. The van der Waals surface area contributed by atoms with Gasteiger partial charge in [0.05, 0.1) is 10.8 Å². The van der Waals surface area contributed by atoms with Gasteiger partial charge in [-0.05, 0) is 87.8 Å². The van der Waals surface area contributed by atoms with Crippen molar-refractivity contribution in [2.24, 2.45) is 0 Å². The van der Waals surface area contributed by atoms with Gasteiger partial charge in [0.1, 0.15) is 32.8 Å². The maximum Gasteiger partial charge on any atom is 0.231 e. The van der Waals surface area contributed by atoms with Crippen LogP contribution in [0.4, 0.5) is 0 Å². The van der Waals surface area contributed by atoms with Crippen LogP contribution in [0.25, 0.3) is 20.4 Å². The summed E-state index contributed by atoms with van der Waals surface area (Å²) in [6.07, 6.45) is 6.79. The van der Waals surface area contributed by atoms with E-state index in [1.54, 1.807) is 22.7 Å². The molecule has 7 rings (SSSR count). The Kier molecular flexibility index (Phi) is 4.60. The fourth-order valence-electron chi connectivity index (χ4n) is 5.07. The molecule has 6 nitrogen and oxygen atoms in total. The molecule has 0 N–H and O–H groups in total. The lowest BCUT2D eigenvalue weighted by atomic mass is 10.2. The summed E-state index contributed by atoms with van der Waals surface area (Å²) >= 11 is 3.56. The number of aryl methyl sites for hydroxylation is 6. The van der Waals surface area contributed by atoms with Crippen molar-refractivity contribution in [2.45, 2.75) is 52.4 Å². The molecule has 0 fully saturated rings. The molecule has 1 aromatic carbocycles. The average Bonchev–Trinajstić information content (AvgIpc) is 3.55. The smallest absolute Gasteiger partial charge is 0.231 e. The maximum absolute atomic E-state index is 6.27. The lowest BCUT2D eigenvalue weighted by molar-refractivity contribution is 0.454. The molecule has 8 heteroatoms. The molecule has 4 aromatic heterocycles. The molecule has 0 radical (unpaired) electrons. The second-order valence-corrected chi connectivity index (χ2v) is 11.1. The molecule has 0 aliphatic heterocycles. The molecule has 4 heterocycles. The van der Waals surface area contributed by atoms with Crippen molar-refractivity contribution in [3.63, 3.8) is 0 Å². The standard InChI is InChI=1S/C26H22N4O2S2/c1-13-27-23(21-17-5-3-7-19(17)33-25(21)29-13)31-15-9-11-16(12-10-15)32-24-22-18-6-4-8-20(18)34-26(22)30-14(2)28-24/h9-12H,3-8H2,1-2H3. The zero-order valence-corrected chi connectivity index (χ0v) is 20.6. The topological polar surface area (TPSA) is 70.0 Å². The Balaban J connectivity index is 1.20. The molecule has 0 saturated carbocycles. The summed E-state index contributed by atoms with van der Waals surface area (Å²) in [5.74, 6) is 4.22. The molecular weight excluding hydrogens is 464 g/mol. The van der Waals surface area contributed by atoms with E-state index in [2.05, 4.69) is 19.9 Å². The van der Waals surface area contributed by atoms with E-state index in [4.69, 9.17) is 9.47 Å². The average molecular weight is 487 g/mol. The minimum absolute atomic E-state index is 0.650. The summed E-state index contributed by atoms with van der Waals surface area (Å²) in [7, 11) is 0. The van der Waals surface area contributed by atoms with E-state index in [1.165, 1.54) is 33.7 Å². The normalized spacial score (nSPS) is 14.6. The molecule has 0 atom stereocenters. The molecule has 0 saturated heterocycles. The van der Waals surface area contributed by atoms with E-state index in [0.29, 0.717) is 11.8 Å². The first kappa shape index (κ1) is 20.3. The van der Waals surface area contributed by atoms with Crippen molar-refractivity contribution >= 4 is 43.1 Å². The van der Waals surface area contributed by atoms with Crippen molar-refractivity contribution in [3.8, 4) is 23.3 Å². The second-order valence-electron chi connectivity index (χ2n) is 8.90. The second kappa shape index (κ2) is 7.71. The van der Waals surface area contributed by atoms with Crippen LogP contribution < -0.4 is 9.47 Å². The van der Waals surface area contributed by atoms with Crippen molar-refractivity contribution in [2.75, 3.05) is 0 Å². The first-order chi connectivity index (χ1) is 16.6. The predicted octanol–water partition coefficient (Wildman–Crippen LogP) is 6.87. The van der Waals surface area contributed by atoms with Gasteiger partial charge in [0.15, 0.2) is 0 Å². The summed E-state index contributed by atoms with van der Waals surface area (Å²) in [5.41, 5.74) is 2.72. The number of aromatic nitrogens is 4. The van der Waals surface area contributed by atoms with Gasteiger partial charge in [-0.1, -0.05) is 0 Å². The fraction of sp³-hybridized carbons (Fsp3) is 0.308. The Hall–Kier alpha value is -3.10. The van der Waals surface area contributed by atoms with Gasteiger partial charge in [-0.25, -0.2) is 9.97 Å². The summed E-state index contributed by atoms with van der Waals surface area (Å²) in [6.45, 7) is 3.83. The van der Waals surface area contributed by atoms with Crippen LogP contribution in [0.3, 0.4) is 0 Å². The van der Waals surface area contributed by atoms with E-state index in [0.717, 1.165) is 69.3 Å². The first-order valence-corrected chi connectivity index (χ1v) is 13.3. The van der Waals surface area contributed by atoms with Gasteiger partial charge in [0, 0.05) is 9.75 Å². The van der Waals surface area contributed by atoms with Crippen LogP contribution in [-0.2, 0) is 25.7 Å². The molecule has 0 bridgehead atoms. The molecular formula is C26H22N4O2S2. The molecule has 0 unspecified atom stereocenters. The van der Waals surface area contributed by atoms with Crippen LogP contribution in [-0.4, -0.2) is 19.9 Å². The van der Waals surface area contributed by atoms with Crippen LogP contribution in [0.15, 0.2) is 24.3 Å². The first-order valence-electron chi connectivity index (χ1n) is 11.7. The summed E-state index contributed by atoms with van der Waals surface area (Å²) < 4.78 is 12.5. The third-order valence-corrected chi connectivity index (χ3v) is 8.91. The Morgan fingerprint density at radius 1 is 0.618 bits per heavy atom. The van der Waals surface area contributed by atoms with Crippen molar-refractivity contribution in [1.82, 2.24) is 19.9 Å². The number of benzene rings is 1. The van der Waals surface area contributed by atoms with Crippen LogP contribution in [0.1, 0.15) is 45.4 Å². The third kappa shape index (κ3) is 3.27. The van der Waals surface area contributed by atoms with Crippen LogP contribution >= 0.6 is 22.7 Å². The lowest BCUT2D eigenvalue weighted by Crippen LogP contribution is -1.96. The summed E-state index contributed by atoms with van der Waals surface area (Å²) in [5, 5.41) is 2.15. The molecule has 5 aromatic rings. The highest BCUT2D eigenvalue weighted by atomic mass is 32.1. The highest BCUT2D eigenvalue weighted by Gasteiger charge is 2.24. The van der Waals surface area contributed by atoms with Gasteiger partial charge in [-0.3, -0.25) is 0 Å². The summed E-state index contributed by atoms with van der Waals surface area (Å²) in [4.78, 5) is 23.5. The molecule has 34 heavy (non-hydrogen) atoms. The van der Waals surface area contributed by atoms with Crippen molar-refractivity contribution < 1.29 is 9.47 Å². The van der Waals surface area contributed by atoms with E-state index in [9.17, 15) is 0 Å². The monoisotopic (exact) mass is 486 g/mol. The van der Waals surface area contributed by atoms with Gasteiger partial charge in [0.2, 0.25) is 11.8 Å². The maximum atomic E-state index is 6.27. The number of rotatable bonds is 4. The van der Waals surface area contributed by atoms with Gasteiger partial charge < -0.3 is 9.47 Å². The quantitative estimate of drug-likeness (QED) is 0.276. The number of hydrogen-bond donors (Lipinski definition) is 0. The number of ether oxygens (including phenoxy) is 2. The van der Waals surface area contributed by atoms with E-state index < -0.39 is 0 Å². The van der Waals surface area contributed by atoms with Crippen LogP contribution in [0.5, 0.6) is 23.3 Å². The summed E-state index contributed by atoms with van der Waals surface area (Å²) in [6, 6.07) is 7.70. The fourth-order valence-corrected chi connectivity index (χ4v) is 7.67.